The van der Waals surface area contributed by atoms with Gasteiger partial charge in [-0.05, 0) is 31.4 Å². The fourth-order valence-corrected chi connectivity index (χ4v) is 3.53. The summed E-state index contributed by atoms with van der Waals surface area (Å²) in [5.41, 5.74) is 5.66. The van der Waals surface area contributed by atoms with Gasteiger partial charge in [0.25, 0.3) is 0 Å². The number of nitrogens with zero attached hydrogens (tertiary/aromatic N) is 2. The van der Waals surface area contributed by atoms with Gasteiger partial charge in [-0.1, -0.05) is 38.1 Å². The molecule has 0 aromatic heterocycles. The number of hydrogen-bond donors (Lipinski definition) is 1. The SMILES string of the molecule is CC(=O)/C=C(/C)O.Cc1[c-]c(C2=Nc3cccc4cccc(c34)N2C)cc(C)c1.[Ir]. The number of aliphatic hydroxyl groups is 1. The Kier molecular flexibility index (Phi) is 7.71. The average molecular weight is 578 g/mol. The van der Waals surface area contributed by atoms with Gasteiger partial charge in [0.15, 0.2) is 5.78 Å². The first kappa shape index (κ1) is 23.5. The van der Waals surface area contributed by atoms with Gasteiger partial charge in [-0.25, -0.2) is 0 Å². The number of hydrogen-bond acceptors (Lipinski definition) is 4. The number of anilines is 1. The molecule has 5 heteroatoms. The fourth-order valence-electron chi connectivity index (χ4n) is 3.53. The van der Waals surface area contributed by atoms with Crippen LogP contribution >= 0.6 is 0 Å². The van der Waals surface area contributed by atoms with Gasteiger partial charge in [0.2, 0.25) is 0 Å². The van der Waals surface area contributed by atoms with Crippen LogP contribution in [-0.4, -0.2) is 23.8 Å². The Balaban J connectivity index is 0.000000350. The molecule has 0 bridgehead atoms. The largest absolute Gasteiger partial charge is 0.512 e. The van der Waals surface area contributed by atoms with Crippen molar-refractivity contribution in [2.45, 2.75) is 27.7 Å². The van der Waals surface area contributed by atoms with E-state index in [0.717, 1.165) is 22.6 Å². The van der Waals surface area contributed by atoms with Crippen molar-refractivity contribution in [3.8, 4) is 0 Å². The number of aryl methyl sites for hydroxylation is 2. The number of carbonyl (C=O) groups is 1. The molecule has 1 aliphatic rings. The summed E-state index contributed by atoms with van der Waals surface area (Å²) in [6.45, 7) is 7.04. The Morgan fingerprint density at radius 1 is 1.10 bits per heavy atom. The van der Waals surface area contributed by atoms with Gasteiger partial charge in [0.1, 0.15) is 0 Å². The summed E-state index contributed by atoms with van der Waals surface area (Å²) in [5, 5.41) is 10.8. The summed E-state index contributed by atoms with van der Waals surface area (Å²) >= 11 is 0. The molecule has 1 N–H and O–H groups in total. The van der Waals surface area contributed by atoms with Crippen LogP contribution in [0.3, 0.4) is 0 Å². The van der Waals surface area contributed by atoms with Gasteiger partial charge >= 0.3 is 0 Å². The molecule has 0 saturated heterocycles. The predicted molar refractivity (Wildman–Crippen MR) is 120 cm³/mol. The van der Waals surface area contributed by atoms with Gasteiger partial charge in [0.05, 0.1) is 17.3 Å². The van der Waals surface area contributed by atoms with E-state index in [4.69, 9.17) is 10.1 Å². The van der Waals surface area contributed by atoms with Crippen molar-refractivity contribution >= 4 is 33.8 Å². The maximum absolute atomic E-state index is 10.0. The van der Waals surface area contributed by atoms with Crippen molar-refractivity contribution < 1.29 is 30.0 Å². The van der Waals surface area contributed by atoms with E-state index in [1.165, 1.54) is 41.9 Å². The molecule has 0 unspecified atom stereocenters. The molecule has 157 valence electrons. The first-order valence-electron chi connectivity index (χ1n) is 9.49. The number of rotatable bonds is 2. The van der Waals surface area contributed by atoms with E-state index in [2.05, 4.69) is 80.4 Å². The third kappa shape index (κ3) is 5.24. The second-order valence-electron chi connectivity index (χ2n) is 7.30. The minimum Gasteiger partial charge on any atom is -0.512 e. The number of amidine groups is 1. The predicted octanol–water partition coefficient (Wildman–Crippen LogP) is 5.82. The molecule has 0 fully saturated rings. The Labute approximate surface area is 191 Å². The summed E-state index contributed by atoms with van der Waals surface area (Å²) in [6, 6.07) is 20.4. The fraction of sp³-hybridized carbons (Fsp3) is 0.200. The van der Waals surface area contributed by atoms with Crippen LogP contribution in [0.15, 0.2) is 65.4 Å². The minimum atomic E-state index is -0.125. The van der Waals surface area contributed by atoms with Crippen LogP contribution in [0.2, 0.25) is 0 Å². The van der Waals surface area contributed by atoms with E-state index in [0.29, 0.717) is 0 Å². The summed E-state index contributed by atoms with van der Waals surface area (Å²) in [7, 11) is 2.08. The minimum absolute atomic E-state index is 0. The van der Waals surface area contributed by atoms with Gasteiger partial charge in [-0.3, -0.25) is 9.79 Å². The van der Waals surface area contributed by atoms with Crippen LogP contribution < -0.4 is 4.90 Å². The van der Waals surface area contributed by atoms with Crippen LogP contribution in [0.1, 0.15) is 30.5 Å². The molecular weight excluding hydrogens is 553 g/mol. The number of ketones is 1. The van der Waals surface area contributed by atoms with Crippen molar-refractivity contribution in [1.29, 1.82) is 0 Å². The molecular formula is C25H25IrN2O2-. The van der Waals surface area contributed by atoms with Crippen molar-refractivity contribution in [3.05, 3.63) is 83.1 Å². The maximum atomic E-state index is 10.0. The second-order valence-corrected chi connectivity index (χ2v) is 7.30. The van der Waals surface area contributed by atoms with E-state index in [-0.39, 0.29) is 31.6 Å². The molecule has 4 rings (SSSR count). The van der Waals surface area contributed by atoms with Crippen molar-refractivity contribution in [2.75, 3.05) is 11.9 Å². The van der Waals surface area contributed by atoms with Gasteiger partial charge in [-0.2, -0.15) is 0 Å². The van der Waals surface area contributed by atoms with E-state index in [9.17, 15) is 4.79 Å². The zero-order valence-electron chi connectivity index (χ0n) is 17.8. The van der Waals surface area contributed by atoms with E-state index in [1.807, 2.05) is 0 Å². The number of carbonyl (C=O) groups excluding carboxylic acids is 1. The van der Waals surface area contributed by atoms with E-state index >= 15 is 0 Å². The molecule has 0 spiro atoms. The summed E-state index contributed by atoms with van der Waals surface area (Å²) in [4.78, 5) is 17.1. The van der Waals surface area contributed by atoms with Crippen molar-refractivity contribution in [1.82, 2.24) is 0 Å². The zero-order valence-corrected chi connectivity index (χ0v) is 20.2. The Morgan fingerprint density at radius 2 is 1.77 bits per heavy atom. The Morgan fingerprint density at radius 3 is 2.33 bits per heavy atom. The standard InChI is InChI=1S/C20H17N2.C5H8O2.Ir/c1-13-10-14(2)12-16(11-13)20-21-17-8-4-6-15-7-5-9-18(19(15)17)22(20)3;1-4(6)3-5(2)7;/h4-11H,1-3H3;3,6H,1-2H3;/q-1;;/b;4-3-;. The van der Waals surface area contributed by atoms with Gasteiger partial charge in [-0.15, -0.1) is 34.9 Å². The van der Waals surface area contributed by atoms with Crippen LogP contribution in [0.25, 0.3) is 10.8 Å². The van der Waals surface area contributed by atoms with E-state index < -0.39 is 0 Å². The maximum Gasteiger partial charge on any atom is 0.155 e. The van der Waals surface area contributed by atoms with Crippen LogP contribution in [0, 0.1) is 19.9 Å². The first-order chi connectivity index (χ1) is 13.8. The molecule has 1 heterocycles. The molecule has 0 amide bonds. The number of aliphatic imine (C=N–C) groups is 1. The number of aliphatic hydroxyl groups excluding tert-OH is 1. The molecule has 3 aromatic rings. The van der Waals surface area contributed by atoms with Crippen molar-refractivity contribution in [2.24, 2.45) is 4.99 Å². The third-order valence-corrected chi connectivity index (χ3v) is 4.57. The molecule has 0 aliphatic carbocycles. The average Bonchev–Trinajstić information content (AvgIpc) is 2.63. The molecule has 1 radical (unpaired) electrons. The molecule has 0 atom stereocenters. The quantitative estimate of drug-likeness (QED) is 0.237. The smallest absolute Gasteiger partial charge is 0.155 e. The summed E-state index contributed by atoms with van der Waals surface area (Å²) in [6.07, 6.45) is 1.17. The monoisotopic (exact) mass is 578 g/mol. The Bertz CT molecular complexity index is 1120. The zero-order chi connectivity index (χ0) is 21.1. The third-order valence-electron chi connectivity index (χ3n) is 4.57. The molecule has 30 heavy (non-hydrogen) atoms. The van der Waals surface area contributed by atoms with E-state index in [1.54, 1.807) is 0 Å². The molecule has 1 aliphatic heterocycles. The second kappa shape index (κ2) is 9.84. The molecule has 3 aromatic carbocycles. The first-order valence-corrected chi connectivity index (χ1v) is 9.49. The Hall–Kier alpha value is -2.75. The summed E-state index contributed by atoms with van der Waals surface area (Å²) in [5.74, 6) is 0.894. The molecule has 0 saturated carbocycles. The van der Waals surface area contributed by atoms with Crippen molar-refractivity contribution in [3.63, 3.8) is 0 Å². The number of benzene rings is 3. The number of allylic oxidation sites excluding steroid dienone is 2. The van der Waals surface area contributed by atoms with Gasteiger partial charge in [0, 0.05) is 44.3 Å². The van der Waals surface area contributed by atoms with Gasteiger partial charge < -0.3 is 10.0 Å². The topological polar surface area (TPSA) is 52.9 Å². The normalized spacial score (nSPS) is 12.5. The van der Waals surface area contributed by atoms with Crippen LogP contribution in [0.4, 0.5) is 11.4 Å². The summed E-state index contributed by atoms with van der Waals surface area (Å²) < 4.78 is 0. The van der Waals surface area contributed by atoms with Crippen LogP contribution in [0.5, 0.6) is 0 Å². The molecule has 4 nitrogen and oxygen atoms in total. The van der Waals surface area contributed by atoms with Crippen LogP contribution in [-0.2, 0) is 24.9 Å².